The maximum Gasteiger partial charge on any atom is 0.243 e. The van der Waals surface area contributed by atoms with Gasteiger partial charge in [-0.05, 0) is 55.1 Å². The summed E-state index contributed by atoms with van der Waals surface area (Å²) in [6.45, 7) is 2.20. The molecule has 4 nitrogen and oxygen atoms in total. The fraction of sp³-hybridized carbons (Fsp3) is 0.455. The van der Waals surface area contributed by atoms with Crippen LogP contribution in [0.15, 0.2) is 18.3 Å². The Morgan fingerprint density at radius 1 is 1.31 bits per heavy atom. The highest BCUT2D eigenvalue weighted by Gasteiger charge is 2.15. The van der Waals surface area contributed by atoms with E-state index >= 15 is 0 Å². The van der Waals surface area contributed by atoms with Gasteiger partial charge < -0.3 is 5.32 Å². The van der Waals surface area contributed by atoms with Gasteiger partial charge in [-0.3, -0.25) is 0 Å². The first-order valence-electron chi connectivity index (χ1n) is 5.55. The fourth-order valence-electron chi connectivity index (χ4n) is 2.27. The maximum atomic E-state index is 5.77. The van der Waals surface area contributed by atoms with E-state index in [9.17, 15) is 0 Å². The summed E-state index contributed by atoms with van der Waals surface area (Å²) in [5.41, 5.74) is 2.14. The van der Waals surface area contributed by atoms with Crippen molar-refractivity contribution in [2.24, 2.45) is 0 Å². The monoisotopic (exact) mass is 236 g/mol. The SMILES string of the molecule is Clc1nc2ccc(C3CCNCC3)cn2n1. The quantitative estimate of drug-likeness (QED) is 0.822. The van der Waals surface area contributed by atoms with E-state index in [1.807, 2.05) is 12.3 Å². The second-order valence-corrected chi connectivity index (χ2v) is 4.51. The molecule has 0 amide bonds. The molecule has 0 aromatic carbocycles. The third-order valence-corrected chi connectivity index (χ3v) is 3.30. The molecule has 16 heavy (non-hydrogen) atoms. The summed E-state index contributed by atoms with van der Waals surface area (Å²) in [7, 11) is 0. The highest BCUT2D eigenvalue weighted by molar-refractivity contribution is 6.28. The molecular weight excluding hydrogens is 224 g/mol. The number of halogens is 1. The van der Waals surface area contributed by atoms with E-state index in [-0.39, 0.29) is 0 Å². The van der Waals surface area contributed by atoms with E-state index in [1.54, 1.807) is 4.52 Å². The van der Waals surface area contributed by atoms with Gasteiger partial charge in [-0.2, -0.15) is 4.98 Å². The van der Waals surface area contributed by atoms with E-state index in [0.717, 1.165) is 18.7 Å². The summed E-state index contributed by atoms with van der Waals surface area (Å²) >= 11 is 5.77. The molecule has 0 bridgehead atoms. The van der Waals surface area contributed by atoms with Crippen molar-refractivity contribution in [3.8, 4) is 0 Å². The topological polar surface area (TPSA) is 42.2 Å². The van der Waals surface area contributed by atoms with Gasteiger partial charge in [-0.15, -0.1) is 5.10 Å². The van der Waals surface area contributed by atoms with E-state index in [0.29, 0.717) is 11.2 Å². The molecule has 3 heterocycles. The van der Waals surface area contributed by atoms with Gasteiger partial charge in [-0.1, -0.05) is 6.07 Å². The van der Waals surface area contributed by atoms with Gasteiger partial charge in [0.15, 0.2) is 5.65 Å². The number of fused-ring (bicyclic) bond motifs is 1. The summed E-state index contributed by atoms with van der Waals surface area (Å²) in [5, 5.41) is 7.80. The van der Waals surface area contributed by atoms with Gasteiger partial charge in [0, 0.05) is 6.20 Å². The van der Waals surface area contributed by atoms with Crippen LogP contribution in [0.1, 0.15) is 24.3 Å². The molecule has 84 valence electrons. The number of rotatable bonds is 1. The maximum absolute atomic E-state index is 5.77. The smallest absolute Gasteiger partial charge is 0.243 e. The van der Waals surface area contributed by atoms with Crippen LogP contribution < -0.4 is 5.32 Å². The lowest BCUT2D eigenvalue weighted by atomic mass is 9.91. The number of piperidine rings is 1. The van der Waals surface area contributed by atoms with Crippen LogP contribution in [0.2, 0.25) is 5.28 Å². The zero-order chi connectivity index (χ0) is 11.0. The van der Waals surface area contributed by atoms with Crippen molar-refractivity contribution in [2.75, 3.05) is 13.1 Å². The lowest BCUT2D eigenvalue weighted by Crippen LogP contribution is -2.26. The molecule has 0 radical (unpaired) electrons. The molecule has 1 fully saturated rings. The molecule has 1 aliphatic heterocycles. The van der Waals surface area contributed by atoms with Gasteiger partial charge in [0.2, 0.25) is 5.28 Å². The molecule has 1 N–H and O–H groups in total. The molecule has 1 aliphatic rings. The van der Waals surface area contributed by atoms with Crippen LogP contribution in [-0.4, -0.2) is 27.7 Å². The minimum absolute atomic E-state index is 0.308. The van der Waals surface area contributed by atoms with E-state index in [4.69, 9.17) is 11.6 Å². The summed E-state index contributed by atoms with van der Waals surface area (Å²) in [5.74, 6) is 0.633. The van der Waals surface area contributed by atoms with Crippen molar-refractivity contribution in [1.29, 1.82) is 0 Å². The Hall–Kier alpha value is -1.13. The minimum atomic E-state index is 0.308. The van der Waals surface area contributed by atoms with Crippen molar-refractivity contribution in [1.82, 2.24) is 19.9 Å². The van der Waals surface area contributed by atoms with Crippen LogP contribution in [-0.2, 0) is 0 Å². The van der Waals surface area contributed by atoms with Crippen molar-refractivity contribution < 1.29 is 0 Å². The lowest BCUT2D eigenvalue weighted by Gasteiger charge is -2.22. The minimum Gasteiger partial charge on any atom is -0.317 e. The number of aromatic nitrogens is 3. The van der Waals surface area contributed by atoms with Crippen molar-refractivity contribution in [3.63, 3.8) is 0 Å². The number of hydrogen-bond acceptors (Lipinski definition) is 3. The lowest BCUT2D eigenvalue weighted by molar-refractivity contribution is 0.459. The molecule has 0 unspecified atom stereocenters. The van der Waals surface area contributed by atoms with Gasteiger partial charge in [0.05, 0.1) is 0 Å². The Bertz CT molecular complexity index is 502. The molecule has 0 spiro atoms. The highest BCUT2D eigenvalue weighted by atomic mass is 35.5. The molecule has 1 saturated heterocycles. The third kappa shape index (κ3) is 1.79. The average Bonchev–Trinajstić information content (AvgIpc) is 2.69. The average molecular weight is 237 g/mol. The zero-order valence-corrected chi connectivity index (χ0v) is 9.61. The van der Waals surface area contributed by atoms with Crippen molar-refractivity contribution >= 4 is 17.2 Å². The Labute approximate surface area is 98.6 Å². The molecule has 0 saturated carbocycles. The second kappa shape index (κ2) is 4.03. The van der Waals surface area contributed by atoms with Crippen LogP contribution in [0.4, 0.5) is 0 Å². The first-order valence-corrected chi connectivity index (χ1v) is 5.93. The van der Waals surface area contributed by atoms with Gasteiger partial charge in [0.25, 0.3) is 0 Å². The fourth-order valence-corrected chi connectivity index (χ4v) is 2.44. The van der Waals surface area contributed by atoms with Crippen LogP contribution in [0.5, 0.6) is 0 Å². The molecule has 0 aliphatic carbocycles. The Morgan fingerprint density at radius 2 is 2.12 bits per heavy atom. The summed E-state index contributed by atoms with van der Waals surface area (Å²) < 4.78 is 1.76. The van der Waals surface area contributed by atoms with Gasteiger partial charge in [0.1, 0.15) is 0 Å². The predicted octanol–water partition coefficient (Wildman–Crippen LogP) is 1.85. The van der Waals surface area contributed by atoms with Crippen molar-refractivity contribution in [3.05, 3.63) is 29.2 Å². The second-order valence-electron chi connectivity index (χ2n) is 4.17. The van der Waals surface area contributed by atoms with Crippen LogP contribution in [0.3, 0.4) is 0 Å². The van der Waals surface area contributed by atoms with Crippen LogP contribution in [0.25, 0.3) is 5.65 Å². The predicted molar refractivity (Wildman–Crippen MR) is 62.8 cm³/mol. The first kappa shape index (κ1) is 10.1. The van der Waals surface area contributed by atoms with Crippen LogP contribution in [0, 0.1) is 0 Å². The Balaban J connectivity index is 1.97. The summed E-state index contributed by atoms with van der Waals surface area (Å²) in [4.78, 5) is 4.10. The van der Waals surface area contributed by atoms with Crippen LogP contribution >= 0.6 is 11.6 Å². The normalized spacial score (nSPS) is 18.1. The first-order chi connectivity index (χ1) is 7.83. The number of hydrogen-bond donors (Lipinski definition) is 1. The Morgan fingerprint density at radius 3 is 2.94 bits per heavy atom. The van der Waals surface area contributed by atoms with E-state index in [1.165, 1.54) is 18.4 Å². The molecule has 0 atom stereocenters. The molecule has 3 rings (SSSR count). The third-order valence-electron chi connectivity index (χ3n) is 3.14. The van der Waals surface area contributed by atoms with Gasteiger partial charge in [-0.25, -0.2) is 4.52 Å². The number of nitrogens with one attached hydrogen (secondary N) is 1. The summed E-state index contributed by atoms with van der Waals surface area (Å²) in [6.07, 6.45) is 4.42. The van der Waals surface area contributed by atoms with Crippen molar-refractivity contribution in [2.45, 2.75) is 18.8 Å². The molecule has 2 aromatic rings. The van der Waals surface area contributed by atoms with E-state index in [2.05, 4.69) is 21.5 Å². The largest absolute Gasteiger partial charge is 0.317 e. The standard InChI is InChI=1S/C11H13ClN4/c12-11-14-10-2-1-9(7-16(10)15-11)8-3-5-13-6-4-8/h1-2,7-8,13H,3-6H2. The zero-order valence-electron chi connectivity index (χ0n) is 8.86. The number of pyridine rings is 1. The van der Waals surface area contributed by atoms with Gasteiger partial charge >= 0.3 is 0 Å². The molecule has 2 aromatic heterocycles. The molecular formula is C11H13ClN4. The molecule has 5 heteroatoms. The Kier molecular flexibility index (Phi) is 2.53. The summed E-state index contributed by atoms with van der Waals surface area (Å²) in [6, 6.07) is 4.12. The highest BCUT2D eigenvalue weighted by Crippen LogP contribution is 2.25. The van der Waals surface area contributed by atoms with E-state index < -0.39 is 0 Å². The number of nitrogens with zero attached hydrogens (tertiary/aromatic N) is 3.